The normalized spacial score (nSPS) is 11.1. The van der Waals surface area contributed by atoms with Crippen LogP contribution < -0.4 is 0 Å². The van der Waals surface area contributed by atoms with Crippen molar-refractivity contribution in [3.8, 4) is 0 Å². The van der Waals surface area contributed by atoms with Crippen molar-refractivity contribution in [2.24, 2.45) is 0 Å². The van der Waals surface area contributed by atoms with E-state index in [1.54, 1.807) is 12.1 Å². The van der Waals surface area contributed by atoms with Crippen LogP contribution in [0, 0.1) is 3.57 Å². The van der Waals surface area contributed by atoms with Gasteiger partial charge in [0.05, 0.1) is 0 Å². The Labute approximate surface area is 84.5 Å². The summed E-state index contributed by atoms with van der Waals surface area (Å²) in [5, 5.41) is -0.380. The van der Waals surface area contributed by atoms with Crippen LogP contribution in [0.25, 0.3) is 0 Å². The molecule has 3 heteroatoms. The van der Waals surface area contributed by atoms with Gasteiger partial charge in [0.25, 0.3) is 0 Å². The van der Waals surface area contributed by atoms with Gasteiger partial charge >= 0.3 is 84.7 Å². The second-order valence-corrected chi connectivity index (χ2v) is 8.44. The third-order valence-electron chi connectivity index (χ3n) is 1.51. The van der Waals surface area contributed by atoms with Gasteiger partial charge in [-0.15, -0.1) is 0 Å². The summed E-state index contributed by atoms with van der Waals surface area (Å²) in [6.07, 6.45) is 0. The zero-order valence-electron chi connectivity index (χ0n) is 6.97. The number of alkyl halides is 2. The molecule has 0 aliphatic rings. The quantitative estimate of drug-likeness (QED) is 0.466. The van der Waals surface area contributed by atoms with Crippen molar-refractivity contribution in [2.75, 3.05) is 9.86 Å². The summed E-state index contributed by atoms with van der Waals surface area (Å²) in [5.74, 6) is 0. The third kappa shape index (κ3) is 2.45. The molecule has 12 heavy (non-hydrogen) atoms. The molecule has 1 nitrogen and oxygen atoms in total. The van der Waals surface area contributed by atoms with Crippen LogP contribution in [-0.2, 0) is 0 Å². The van der Waals surface area contributed by atoms with Crippen LogP contribution >= 0.6 is 31.4 Å². The fourth-order valence-corrected chi connectivity index (χ4v) is 2.76. The molecule has 0 fully saturated rings. The van der Waals surface area contributed by atoms with Gasteiger partial charge < -0.3 is 0 Å². The molecule has 1 aromatic carbocycles. The Morgan fingerprint density at radius 1 is 1.25 bits per heavy atom. The van der Waals surface area contributed by atoms with E-state index in [-0.39, 0.29) is 5.24 Å². The number of carbonyl (C=O) groups is 1. The van der Waals surface area contributed by atoms with Gasteiger partial charge in [0, 0.05) is 0 Å². The molecule has 1 aromatic rings. The van der Waals surface area contributed by atoms with Crippen molar-refractivity contribution in [3.63, 3.8) is 0 Å². The topological polar surface area (TPSA) is 17.1 Å². The molecule has 0 spiro atoms. The Morgan fingerprint density at radius 2 is 1.75 bits per heavy atom. The van der Waals surface area contributed by atoms with Gasteiger partial charge in [0.2, 0.25) is 0 Å². The van der Waals surface area contributed by atoms with Crippen molar-refractivity contribution < 1.29 is 4.79 Å². The first-order valence-electron chi connectivity index (χ1n) is 3.41. The second-order valence-electron chi connectivity index (χ2n) is 2.54. The summed E-state index contributed by atoms with van der Waals surface area (Å²) < 4.78 is 1.38. The van der Waals surface area contributed by atoms with Crippen LogP contribution in [0.3, 0.4) is 0 Å². The molecule has 0 aliphatic heterocycles. The number of halogens is 2. The number of rotatable bonds is 2. The van der Waals surface area contributed by atoms with Crippen LogP contribution in [0.15, 0.2) is 24.3 Å². The van der Waals surface area contributed by atoms with E-state index in [4.69, 9.17) is 11.6 Å². The molecule has 0 amide bonds. The fraction of sp³-hybridized carbons (Fsp3) is 0.222. The van der Waals surface area contributed by atoms with Gasteiger partial charge in [-0.05, 0) is 0 Å². The minimum absolute atomic E-state index is 0.380. The standard InChI is InChI=1S/C9H10ClIO/c1-11(2)8-5-3-7(4-6-8)9(10)12/h3-6H,1-2H3. The molecule has 1 rings (SSSR count). The van der Waals surface area contributed by atoms with Crippen LogP contribution in [0.2, 0.25) is 0 Å². The van der Waals surface area contributed by atoms with E-state index in [9.17, 15) is 4.79 Å². The molecule has 0 aromatic heterocycles. The molecule has 0 radical (unpaired) electrons. The van der Waals surface area contributed by atoms with Crippen molar-refractivity contribution in [2.45, 2.75) is 0 Å². The van der Waals surface area contributed by atoms with E-state index in [1.807, 2.05) is 12.1 Å². The summed E-state index contributed by atoms with van der Waals surface area (Å²) in [6.45, 7) is 0. The second kappa shape index (κ2) is 4.23. The van der Waals surface area contributed by atoms with Gasteiger partial charge in [-0.25, -0.2) is 0 Å². The first-order valence-corrected chi connectivity index (χ1v) is 9.18. The van der Waals surface area contributed by atoms with Gasteiger partial charge in [-0.2, -0.15) is 0 Å². The molecule has 0 unspecified atom stereocenters. The van der Waals surface area contributed by atoms with Gasteiger partial charge in [-0.1, -0.05) is 0 Å². The van der Waals surface area contributed by atoms with Crippen LogP contribution in [-0.4, -0.2) is 15.1 Å². The first-order chi connectivity index (χ1) is 5.61. The van der Waals surface area contributed by atoms with E-state index < -0.39 is 19.8 Å². The van der Waals surface area contributed by atoms with Crippen LogP contribution in [0.1, 0.15) is 10.4 Å². The average molecular weight is 297 g/mol. The zero-order valence-corrected chi connectivity index (χ0v) is 9.89. The van der Waals surface area contributed by atoms with Crippen molar-refractivity contribution in [1.29, 1.82) is 0 Å². The molecule has 0 heterocycles. The van der Waals surface area contributed by atoms with Crippen molar-refractivity contribution in [1.82, 2.24) is 0 Å². The number of carbonyl (C=O) groups excluding carboxylic acids is 1. The van der Waals surface area contributed by atoms with E-state index in [2.05, 4.69) is 9.86 Å². The molecule has 0 N–H and O–H groups in total. The fourth-order valence-electron chi connectivity index (χ4n) is 0.833. The predicted octanol–water partition coefficient (Wildman–Crippen LogP) is 3.00. The molecule has 0 saturated carbocycles. The Hall–Kier alpha value is -0.0900. The summed E-state index contributed by atoms with van der Waals surface area (Å²) in [7, 11) is 0. The molecule has 0 atom stereocenters. The first kappa shape index (κ1) is 9.99. The molecular formula is C9H10ClIO. The van der Waals surface area contributed by atoms with E-state index >= 15 is 0 Å². The SMILES string of the molecule is CI(C)c1ccc(C(=O)Cl)cc1. The average Bonchev–Trinajstić information content (AvgIpc) is 2.04. The zero-order chi connectivity index (χ0) is 9.14. The molecule has 0 aliphatic carbocycles. The maximum absolute atomic E-state index is 10.7. The molecular weight excluding hydrogens is 286 g/mol. The Balaban J connectivity index is 2.93. The minimum atomic E-state index is -0.892. The third-order valence-corrected chi connectivity index (χ3v) is 4.94. The number of hydrogen-bond donors (Lipinski definition) is 0. The predicted molar refractivity (Wildman–Crippen MR) is 61.2 cm³/mol. The number of hydrogen-bond acceptors (Lipinski definition) is 1. The van der Waals surface area contributed by atoms with E-state index in [0.717, 1.165) is 0 Å². The van der Waals surface area contributed by atoms with Gasteiger partial charge in [-0.3, -0.25) is 0 Å². The number of benzene rings is 1. The van der Waals surface area contributed by atoms with Crippen LogP contribution in [0.4, 0.5) is 0 Å². The summed E-state index contributed by atoms with van der Waals surface area (Å²) in [4.78, 5) is 15.2. The Morgan fingerprint density at radius 3 is 2.08 bits per heavy atom. The molecule has 66 valence electrons. The van der Waals surface area contributed by atoms with Crippen molar-refractivity contribution >= 4 is 36.7 Å². The molecule has 0 bridgehead atoms. The van der Waals surface area contributed by atoms with Gasteiger partial charge in [0.15, 0.2) is 0 Å². The summed E-state index contributed by atoms with van der Waals surface area (Å²) >= 11 is 4.42. The van der Waals surface area contributed by atoms with E-state index in [0.29, 0.717) is 5.56 Å². The van der Waals surface area contributed by atoms with Crippen molar-refractivity contribution in [3.05, 3.63) is 33.4 Å². The maximum atomic E-state index is 10.7. The molecule has 0 saturated heterocycles. The Kier molecular flexibility index (Phi) is 3.53. The monoisotopic (exact) mass is 296 g/mol. The summed E-state index contributed by atoms with van der Waals surface area (Å²) in [6, 6.07) is 7.59. The Bertz CT molecular complexity index is 279. The summed E-state index contributed by atoms with van der Waals surface area (Å²) in [5.41, 5.74) is 0.582. The van der Waals surface area contributed by atoms with E-state index in [1.165, 1.54) is 3.57 Å². The van der Waals surface area contributed by atoms with Gasteiger partial charge in [0.1, 0.15) is 0 Å². The van der Waals surface area contributed by atoms with Crippen LogP contribution in [0.5, 0.6) is 0 Å².